The van der Waals surface area contributed by atoms with Crippen LogP contribution in [0.4, 0.5) is 0 Å². The predicted molar refractivity (Wildman–Crippen MR) is 80.4 cm³/mol. The molecule has 0 amide bonds. The third kappa shape index (κ3) is 1.81. The minimum Gasteiger partial charge on any atom is -0.167 e. The Morgan fingerprint density at radius 1 is 0.842 bits per heavy atom. The Hall–Kier alpha value is -2.19. The molecule has 0 saturated carbocycles. The summed E-state index contributed by atoms with van der Waals surface area (Å²) in [6, 6.07) is 17.3. The van der Waals surface area contributed by atoms with E-state index in [0.29, 0.717) is 0 Å². The number of hydrogen-bond donors (Lipinski definition) is 0. The van der Waals surface area contributed by atoms with E-state index in [2.05, 4.69) is 76.1 Å². The van der Waals surface area contributed by atoms with E-state index >= 15 is 0 Å². The van der Waals surface area contributed by atoms with Gasteiger partial charge in [-0.1, -0.05) is 6.07 Å². The molecule has 0 aliphatic heterocycles. The van der Waals surface area contributed by atoms with E-state index in [0.717, 1.165) is 0 Å². The van der Waals surface area contributed by atoms with Crippen LogP contribution >= 0.6 is 11.3 Å². The third-order valence-electron chi connectivity index (χ3n) is 3.45. The van der Waals surface area contributed by atoms with Crippen molar-refractivity contribution in [2.75, 3.05) is 0 Å². The fourth-order valence-electron chi connectivity index (χ4n) is 2.44. The summed E-state index contributed by atoms with van der Waals surface area (Å²) >= 11 is 1.74. The zero-order valence-electron chi connectivity index (χ0n) is 10.3. The van der Waals surface area contributed by atoms with Crippen LogP contribution in [0.2, 0.25) is 0 Å². The molecule has 0 saturated heterocycles. The SMILES string of the molecule is c1cc[n+]2cc3ccc(-c4ccsc4)cc3cc2c1. The van der Waals surface area contributed by atoms with Crippen molar-refractivity contribution in [3.8, 4) is 11.1 Å². The number of fused-ring (bicyclic) bond motifs is 2. The van der Waals surface area contributed by atoms with Gasteiger partial charge in [-0.15, -0.1) is 0 Å². The van der Waals surface area contributed by atoms with Crippen molar-refractivity contribution < 1.29 is 4.40 Å². The summed E-state index contributed by atoms with van der Waals surface area (Å²) in [5.41, 5.74) is 3.80. The zero-order chi connectivity index (χ0) is 12.7. The van der Waals surface area contributed by atoms with Crippen molar-refractivity contribution in [1.82, 2.24) is 0 Å². The van der Waals surface area contributed by atoms with Crippen LogP contribution in [0.1, 0.15) is 0 Å². The van der Waals surface area contributed by atoms with Crippen LogP contribution in [0.5, 0.6) is 0 Å². The normalized spacial score (nSPS) is 11.2. The Morgan fingerprint density at radius 2 is 1.84 bits per heavy atom. The van der Waals surface area contributed by atoms with Gasteiger partial charge in [-0.3, -0.25) is 0 Å². The first-order valence-corrected chi connectivity index (χ1v) is 7.21. The topological polar surface area (TPSA) is 4.10 Å². The number of benzene rings is 1. The standard InChI is InChI=1S/C17H12NS/c1-2-7-18-11-14-5-4-13(15-6-8-19-12-15)9-16(14)10-17(18)3-1/h1-12H/q+1. The summed E-state index contributed by atoms with van der Waals surface area (Å²) in [5, 5.41) is 6.87. The number of rotatable bonds is 1. The van der Waals surface area contributed by atoms with Gasteiger partial charge in [-0.05, 0) is 51.5 Å². The van der Waals surface area contributed by atoms with Crippen molar-refractivity contribution in [1.29, 1.82) is 0 Å². The minimum absolute atomic E-state index is 1.22. The molecule has 0 aliphatic rings. The summed E-state index contributed by atoms with van der Waals surface area (Å²) in [6.45, 7) is 0. The van der Waals surface area contributed by atoms with E-state index in [1.165, 1.54) is 27.4 Å². The first-order chi connectivity index (χ1) is 9.40. The fraction of sp³-hybridized carbons (Fsp3) is 0. The first-order valence-electron chi connectivity index (χ1n) is 6.26. The Morgan fingerprint density at radius 3 is 2.74 bits per heavy atom. The Kier molecular flexibility index (Phi) is 2.35. The van der Waals surface area contributed by atoms with Crippen LogP contribution in [0.25, 0.3) is 27.4 Å². The van der Waals surface area contributed by atoms with Gasteiger partial charge in [-0.2, -0.15) is 15.7 Å². The largest absolute Gasteiger partial charge is 0.211 e. The van der Waals surface area contributed by atoms with E-state index in [9.17, 15) is 0 Å². The average molecular weight is 262 g/mol. The molecule has 0 unspecified atom stereocenters. The highest BCUT2D eigenvalue weighted by Gasteiger charge is 2.06. The number of thiophene rings is 1. The van der Waals surface area contributed by atoms with Crippen LogP contribution in [-0.4, -0.2) is 0 Å². The number of pyridine rings is 2. The zero-order valence-corrected chi connectivity index (χ0v) is 11.1. The molecule has 4 rings (SSSR count). The second kappa shape index (κ2) is 4.18. The van der Waals surface area contributed by atoms with Gasteiger partial charge >= 0.3 is 0 Å². The maximum absolute atomic E-state index is 2.27. The summed E-state index contributed by atoms with van der Waals surface area (Å²) in [7, 11) is 0. The van der Waals surface area contributed by atoms with Crippen LogP contribution in [-0.2, 0) is 0 Å². The molecule has 3 aromatic heterocycles. The molecule has 0 atom stereocenters. The van der Waals surface area contributed by atoms with Gasteiger partial charge in [0.1, 0.15) is 0 Å². The Labute approximate surface area is 115 Å². The summed E-state index contributed by atoms with van der Waals surface area (Å²) in [6.07, 6.45) is 4.27. The molecule has 1 nitrogen and oxygen atoms in total. The van der Waals surface area contributed by atoms with Crippen LogP contribution in [0, 0.1) is 0 Å². The lowest BCUT2D eigenvalue weighted by Gasteiger charge is -2.01. The van der Waals surface area contributed by atoms with Gasteiger partial charge in [0.2, 0.25) is 5.52 Å². The monoisotopic (exact) mass is 262 g/mol. The average Bonchev–Trinajstić information content (AvgIpc) is 2.98. The minimum atomic E-state index is 1.22. The molecule has 2 heteroatoms. The molecule has 0 radical (unpaired) electrons. The third-order valence-corrected chi connectivity index (χ3v) is 4.13. The maximum atomic E-state index is 2.27. The molecule has 0 spiro atoms. The molecule has 90 valence electrons. The highest BCUT2D eigenvalue weighted by Crippen LogP contribution is 2.26. The van der Waals surface area contributed by atoms with Crippen molar-refractivity contribution in [3.05, 3.63) is 71.7 Å². The van der Waals surface area contributed by atoms with Crippen molar-refractivity contribution >= 4 is 27.6 Å². The molecule has 0 N–H and O–H groups in total. The van der Waals surface area contributed by atoms with Gasteiger partial charge in [0.25, 0.3) is 0 Å². The fourth-order valence-corrected chi connectivity index (χ4v) is 3.11. The second-order valence-electron chi connectivity index (χ2n) is 4.66. The van der Waals surface area contributed by atoms with Crippen molar-refractivity contribution in [2.45, 2.75) is 0 Å². The summed E-state index contributed by atoms with van der Waals surface area (Å²) < 4.78 is 2.16. The second-order valence-corrected chi connectivity index (χ2v) is 5.44. The lowest BCUT2D eigenvalue weighted by atomic mass is 10.0. The summed E-state index contributed by atoms with van der Waals surface area (Å²) in [5.74, 6) is 0. The first kappa shape index (κ1) is 10.7. The van der Waals surface area contributed by atoms with Crippen LogP contribution in [0.15, 0.2) is 71.7 Å². The Balaban J connectivity index is 2.00. The lowest BCUT2D eigenvalue weighted by Crippen LogP contribution is -2.19. The van der Waals surface area contributed by atoms with Gasteiger partial charge in [-0.25, -0.2) is 0 Å². The predicted octanol–water partition coefficient (Wildman–Crippen LogP) is 4.31. The molecule has 3 heterocycles. The molecule has 0 fully saturated rings. The van der Waals surface area contributed by atoms with Gasteiger partial charge in [0.05, 0.1) is 0 Å². The van der Waals surface area contributed by atoms with E-state index in [4.69, 9.17) is 0 Å². The maximum Gasteiger partial charge on any atom is 0.211 e. The Bertz CT molecular complexity index is 863. The quantitative estimate of drug-likeness (QED) is 0.355. The van der Waals surface area contributed by atoms with Gasteiger partial charge < -0.3 is 0 Å². The number of nitrogens with zero attached hydrogens (tertiary/aromatic N) is 1. The molecule has 19 heavy (non-hydrogen) atoms. The molecular weight excluding hydrogens is 250 g/mol. The molecule has 4 aromatic rings. The van der Waals surface area contributed by atoms with Crippen LogP contribution in [0.3, 0.4) is 0 Å². The number of aromatic nitrogens is 1. The van der Waals surface area contributed by atoms with E-state index in [-0.39, 0.29) is 0 Å². The van der Waals surface area contributed by atoms with Crippen LogP contribution < -0.4 is 4.40 Å². The molecule has 0 aliphatic carbocycles. The highest BCUT2D eigenvalue weighted by atomic mass is 32.1. The number of hydrogen-bond acceptors (Lipinski definition) is 1. The van der Waals surface area contributed by atoms with E-state index in [1.54, 1.807) is 11.3 Å². The van der Waals surface area contributed by atoms with Gasteiger partial charge in [0, 0.05) is 23.6 Å². The molecule has 0 bridgehead atoms. The molecule has 1 aromatic carbocycles. The van der Waals surface area contributed by atoms with Crippen molar-refractivity contribution in [3.63, 3.8) is 0 Å². The smallest absolute Gasteiger partial charge is 0.167 e. The highest BCUT2D eigenvalue weighted by molar-refractivity contribution is 7.08. The van der Waals surface area contributed by atoms with Crippen molar-refractivity contribution in [2.24, 2.45) is 0 Å². The van der Waals surface area contributed by atoms with E-state index < -0.39 is 0 Å². The summed E-state index contributed by atoms with van der Waals surface area (Å²) in [4.78, 5) is 0. The lowest BCUT2D eigenvalue weighted by molar-refractivity contribution is -0.510. The van der Waals surface area contributed by atoms with E-state index in [1.807, 2.05) is 0 Å². The van der Waals surface area contributed by atoms with Gasteiger partial charge in [0.15, 0.2) is 12.4 Å². The molecular formula is C17H12NS+.